The first kappa shape index (κ1) is 13.4. The summed E-state index contributed by atoms with van der Waals surface area (Å²) in [4.78, 5) is 13.7. The molecule has 0 spiro atoms. The van der Waals surface area contributed by atoms with Gasteiger partial charge in [-0.15, -0.1) is 0 Å². The summed E-state index contributed by atoms with van der Waals surface area (Å²) in [5, 5.41) is 4.39. The van der Waals surface area contributed by atoms with Crippen LogP contribution in [0.4, 0.5) is 5.69 Å². The fraction of sp³-hybridized carbons (Fsp3) is 0.125. The van der Waals surface area contributed by atoms with Gasteiger partial charge in [0.1, 0.15) is 11.2 Å². The van der Waals surface area contributed by atoms with E-state index in [0.717, 1.165) is 28.1 Å². The standard InChI is InChI=1S/C16H15N7/c1-10-7-8-23(21-10)16-19-13(11-3-5-12(17)6-4-11)14-15(20-16)22(2)9-18-14/h3-9H,17H2,1-2H3. The van der Waals surface area contributed by atoms with Crippen LogP contribution in [0.5, 0.6) is 0 Å². The van der Waals surface area contributed by atoms with Crippen LogP contribution in [-0.2, 0) is 7.05 Å². The smallest absolute Gasteiger partial charge is 0.253 e. The molecule has 0 saturated carbocycles. The van der Waals surface area contributed by atoms with Crippen LogP contribution in [0.1, 0.15) is 5.69 Å². The summed E-state index contributed by atoms with van der Waals surface area (Å²) in [6, 6.07) is 9.49. The molecule has 0 atom stereocenters. The monoisotopic (exact) mass is 305 g/mol. The Kier molecular flexibility index (Phi) is 2.87. The van der Waals surface area contributed by atoms with Crippen molar-refractivity contribution < 1.29 is 0 Å². The van der Waals surface area contributed by atoms with Gasteiger partial charge in [0.2, 0.25) is 0 Å². The summed E-state index contributed by atoms with van der Waals surface area (Å²) in [7, 11) is 1.91. The van der Waals surface area contributed by atoms with Crippen molar-refractivity contribution in [1.29, 1.82) is 0 Å². The lowest BCUT2D eigenvalue weighted by atomic mass is 10.1. The Morgan fingerprint density at radius 3 is 2.52 bits per heavy atom. The molecule has 0 unspecified atom stereocenters. The number of rotatable bonds is 2. The third-order valence-electron chi connectivity index (χ3n) is 3.66. The van der Waals surface area contributed by atoms with Crippen LogP contribution in [0, 0.1) is 6.92 Å². The average molecular weight is 305 g/mol. The summed E-state index contributed by atoms with van der Waals surface area (Å²) in [6.45, 7) is 1.93. The van der Waals surface area contributed by atoms with Crippen molar-refractivity contribution in [3.63, 3.8) is 0 Å². The van der Waals surface area contributed by atoms with E-state index in [9.17, 15) is 0 Å². The van der Waals surface area contributed by atoms with Crippen molar-refractivity contribution in [3.8, 4) is 17.2 Å². The van der Waals surface area contributed by atoms with Crippen molar-refractivity contribution in [2.75, 3.05) is 5.73 Å². The molecule has 4 rings (SSSR count). The first-order valence-electron chi connectivity index (χ1n) is 7.19. The number of nitrogens with zero attached hydrogens (tertiary/aromatic N) is 6. The maximum absolute atomic E-state index is 5.78. The molecule has 0 aliphatic carbocycles. The molecule has 0 fully saturated rings. The second-order valence-electron chi connectivity index (χ2n) is 5.42. The van der Waals surface area contributed by atoms with Crippen LogP contribution >= 0.6 is 0 Å². The third kappa shape index (κ3) is 2.22. The number of fused-ring (bicyclic) bond motifs is 1. The van der Waals surface area contributed by atoms with Gasteiger partial charge in [-0.05, 0) is 25.1 Å². The molecule has 0 radical (unpaired) electrons. The molecule has 0 bridgehead atoms. The zero-order valence-corrected chi connectivity index (χ0v) is 12.8. The summed E-state index contributed by atoms with van der Waals surface area (Å²) in [5.74, 6) is 0.515. The predicted molar refractivity (Wildman–Crippen MR) is 88.0 cm³/mol. The highest BCUT2D eigenvalue weighted by molar-refractivity contribution is 5.88. The number of aromatic nitrogens is 6. The largest absolute Gasteiger partial charge is 0.399 e. The Morgan fingerprint density at radius 1 is 1.04 bits per heavy atom. The number of benzene rings is 1. The maximum Gasteiger partial charge on any atom is 0.253 e. The number of nitrogens with two attached hydrogens (primary N) is 1. The van der Waals surface area contributed by atoms with Gasteiger partial charge in [0.25, 0.3) is 5.95 Å². The van der Waals surface area contributed by atoms with E-state index in [0.29, 0.717) is 11.6 Å². The van der Waals surface area contributed by atoms with E-state index < -0.39 is 0 Å². The Morgan fingerprint density at radius 2 is 1.83 bits per heavy atom. The highest BCUT2D eigenvalue weighted by Gasteiger charge is 2.15. The fourth-order valence-corrected chi connectivity index (χ4v) is 2.47. The van der Waals surface area contributed by atoms with E-state index in [-0.39, 0.29) is 0 Å². The van der Waals surface area contributed by atoms with Crippen LogP contribution in [0.2, 0.25) is 0 Å². The number of hydrogen-bond donors (Lipinski definition) is 1. The van der Waals surface area contributed by atoms with Gasteiger partial charge in [0.15, 0.2) is 5.65 Å². The van der Waals surface area contributed by atoms with Gasteiger partial charge in [-0.25, -0.2) is 14.6 Å². The second-order valence-corrected chi connectivity index (χ2v) is 5.42. The summed E-state index contributed by atoms with van der Waals surface area (Å²) >= 11 is 0. The van der Waals surface area contributed by atoms with Gasteiger partial charge in [-0.1, -0.05) is 12.1 Å². The average Bonchev–Trinajstić information content (AvgIpc) is 3.14. The highest BCUT2D eigenvalue weighted by Crippen LogP contribution is 2.26. The molecule has 7 nitrogen and oxygen atoms in total. The lowest BCUT2D eigenvalue weighted by Crippen LogP contribution is -2.05. The maximum atomic E-state index is 5.78. The van der Waals surface area contributed by atoms with E-state index in [1.165, 1.54) is 0 Å². The Hall–Kier alpha value is -3.22. The molecule has 0 aliphatic heterocycles. The zero-order chi connectivity index (χ0) is 16.0. The topological polar surface area (TPSA) is 87.4 Å². The number of imidazole rings is 1. The number of hydrogen-bond acceptors (Lipinski definition) is 5. The third-order valence-corrected chi connectivity index (χ3v) is 3.66. The molecule has 3 aromatic heterocycles. The van der Waals surface area contributed by atoms with Gasteiger partial charge in [0.05, 0.1) is 12.0 Å². The predicted octanol–water partition coefficient (Wildman–Crippen LogP) is 2.11. The molecular weight excluding hydrogens is 290 g/mol. The van der Waals surface area contributed by atoms with Crippen molar-refractivity contribution >= 4 is 16.9 Å². The van der Waals surface area contributed by atoms with Crippen LogP contribution in [0.15, 0.2) is 42.9 Å². The molecule has 0 saturated heterocycles. The quantitative estimate of drug-likeness (QED) is 0.573. The Labute approximate surface area is 132 Å². The first-order chi connectivity index (χ1) is 11.1. The fourth-order valence-electron chi connectivity index (χ4n) is 2.47. The number of aryl methyl sites for hydroxylation is 2. The summed E-state index contributed by atoms with van der Waals surface area (Å²) in [5.41, 5.74) is 10.6. The molecule has 114 valence electrons. The second kappa shape index (κ2) is 4.91. The van der Waals surface area contributed by atoms with Crippen LogP contribution in [-0.4, -0.2) is 29.3 Å². The molecule has 0 amide bonds. The molecule has 2 N–H and O–H groups in total. The lowest BCUT2D eigenvalue weighted by Gasteiger charge is -2.07. The van der Waals surface area contributed by atoms with E-state index in [1.807, 2.05) is 55.1 Å². The SMILES string of the molecule is Cc1ccn(-c2nc(-c3ccc(N)cc3)c3ncn(C)c3n2)n1. The van der Waals surface area contributed by atoms with E-state index in [4.69, 9.17) is 5.73 Å². The summed E-state index contributed by atoms with van der Waals surface area (Å²) < 4.78 is 3.54. The molecule has 1 aromatic carbocycles. The molecule has 3 heterocycles. The Balaban J connectivity index is 2.00. The van der Waals surface area contributed by atoms with E-state index in [2.05, 4.69) is 20.1 Å². The van der Waals surface area contributed by atoms with Gasteiger partial charge >= 0.3 is 0 Å². The molecule has 4 aromatic rings. The highest BCUT2D eigenvalue weighted by atomic mass is 15.3. The van der Waals surface area contributed by atoms with E-state index in [1.54, 1.807) is 11.0 Å². The van der Waals surface area contributed by atoms with Gasteiger partial charge in [-0.3, -0.25) is 0 Å². The molecular formula is C16H15N7. The normalized spacial score (nSPS) is 11.2. The molecule has 23 heavy (non-hydrogen) atoms. The van der Waals surface area contributed by atoms with Crippen molar-refractivity contribution in [1.82, 2.24) is 29.3 Å². The van der Waals surface area contributed by atoms with Gasteiger partial charge in [-0.2, -0.15) is 10.1 Å². The minimum atomic E-state index is 0.515. The van der Waals surface area contributed by atoms with Crippen molar-refractivity contribution in [3.05, 3.63) is 48.5 Å². The van der Waals surface area contributed by atoms with Crippen LogP contribution in [0.3, 0.4) is 0 Å². The Bertz CT molecular complexity index is 995. The number of nitrogen functional groups attached to an aromatic ring is 1. The van der Waals surface area contributed by atoms with Crippen LogP contribution in [0.25, 0.3) is 28.4 Å². The summed E-state index contributed by atoms with van der Waals surface area (Å²) in [6.07, 6.45) is 3.58. The first-order valence-corrected chi connectivity index (χ1v) is 7.19. The zero-order valence-electron chi connectivity index (χ0n) is 12.8. The minimum absolute atomic E-state index is 0.515. The van der Waals surface area contributed by atoms with Crippen LogP contribution < -0.4 is 5.73 Å². The number of anilines is 1. The van der Waals surface area contributed by atoms with Crippen molar-refractivity contribution in [2.45, 2.75) is 6.92 Å². The minimum Gasteiger partial charge on any atom is -0.399 e. The molecule has 0 aliphatic rings. The molecule has 7 heteroatoms. The van der Waals surface area contributed by atoms with Crippen molar-refractivity contribution in [2.24, 2.45) is 7.05 Å². The van der Waals surface area contributed by atoms with Gasteiger partial charge < -0.3 is 10.3 Å². The lowest BCUT2D eigenvalue weighted by molar-refractivity contribution is 0.798. The van der Waals surface area contributed by atoms with Gasteiger partial charge in [0, 0.05) is 24.5 Å². The van der Waals surface area contributed by atoms with E-state index >= 15 is 0 Å².